The number of thiazole rings is 1. The van der Waals surface area contributed by atoms with Crippen LogP contribution in [-0.4, -0.2) is 32.4 Å². The van der Waals surface area contributed by atoms with Crippen LogP contribution < -0.4 is 10.0 Å². The largest absolute Gasteiger partial charge is 0.349 e. The third kappa shape index (κ3) is 4.68. The molecule has 0 fully saturated rings. The first-order chi connectivity index (χ1) is 12.5. The van der Waals surface area contributed by atoms with Crippen LogP contribution in [0.2, 0.25) is 5.02 Å². The SMILES string of the molecule is O=C(NCCNS(=O)(=O)c1cccc(Cl)c1)c1csc(-c2cccs2)n1. The molecule has 26 heavy (non-hydrogen) atoms. The monoisotopic (exact) mass is 427 g/mol. The van der Waals surface area contributed by atoms with Crippen LogP contribution in [0.25, 0.3) is 9.88 Å². The number of hydrogen-bond acceptors (Lipinski definition) is 6. The lowest BCUT2D eigenvalue weighted by Crippen LogP contribution is -2.34. The molecule has 3 rings (SSSR count). The molecule has 10 heteroatoms. The average molecular weight is 428 g/mol. The van der Waals surface area contributed by atoms with Gasteiger partial charge < -0.3 is 5.32 Å². The molecule has 0 aliphatic carbocycles. The second-order valence-electron chi connectivity index (χ2n) is 5.13. The van der Waals surface area contributed by atoms with Gasteiger partial charge in [-0.3, -0.25) is 4.79 Å². The van der Waals surface area contributed by atoms with Crippen LogP contribution >= 0.6 is 34.3 Å². The van der Waals surface area contributed by atoms with Crippen molar-refractivity contribution in [1.82, 2.24) is 15.0 Å². The van der Waals surface area contributed by atoms with E-state index in [9.17, 15) is 13.2 Å². The van der Waals surface area contributed by atoms with Crippen LogP contribution in [0, 0.1) is 0 Å². The molecule has 1 aromatic carbocycles. The Hall–Kier alpha value is -1.78. The summed E-state index contributed by atoms with van der Waals surface area (Å²) in [5.41, 5.74) is 0.316. The molecule has 0 bridgehead atoms. The number of benzene rings is 1. The molecular weight excluding hydrogens is 414 g/mol. The number of halogens is 1. The molecule has 0 aliphatic rings. The molecule has 0 saturated heterocycles. The number of carbonyl (C=O) groups excluding carboxylic acids is 1. The number of nitrogens with one attached hydrogen (secondary N) is 2. The van der Waals surface area contributed by atoms with E-state index < -0.39 is 10.0 Å². The molecule has 0 aliphatic heterocycles. The summed E-state index contributed by atoms with van der Waals surface area (Å²) in [7, 11) is -3.67. The number of rotatable bonds is 7. The minimum absolute atomic E-state index is 0.0580. The molecule has 6 nitrogen and oxygen atoms in total. The predicted octanol–water partition coefficient (Wildman–Crippen LogP) is 3.23. The third-order valence-corrected chi connectivity index (χ3v) is 6.85. The Labute approximate surface area is 163 Å². The van der Waals surface area contributed by atoms with Gasteiger partial charge in [-0.2, -0.15) is 0 Å². The van der Waals surface area contributed by atoms with Gasteiger partial charge in [0, 0.05) is 23.5 Å². The maximum Gasteiger partial charge on any atom is 0.270 e. The molecule has 0 atom stereocenters. The summed E-state index contributed by atoms with van der Waals surface area (Å²) in [6.45, 7) is 0.201. The van der Waals surface area contributed by atoms with Gasteiger partial charge in [0.2, 0.25) is 10.0 Å². The first-order valence-corrected chi connectivity index (χ1v) is 11.1. The minimum Gasteiger partial charge on any atom is -0.349 e. The fourth-order valence-corrected chi connectivity index (χ4v) is 5.01. The summed E-state index contributed by atoms with van der Waals surface area (Å²) in [4.78, 5) is 17.5. The molecular formula is C16H14ClN3O3S3. The van der Waals surface area contributed by atoms with Crippen molar-refractivity contribution in [2.75, 3.05) is 13.1 Å². The maximum atomic E-state index is 12.1. The van der Waals surface area contributed by atoms with Gasteiger partial charge in [-0.1, -0.05) is 23.7 Å². The van der Waals surface area contributed by atoms with Crippen LogP contribution in [0.5, 0.6) is 0 Å². The molecule has 1 amide bonds. The molecule has 0 saturated carbocycles. The normalized spacial score (nSPS) is 11.4. The van der Waals surface area contributed by atoms with Crippen LogP contribution in [-0.2, 0) is 10.0 Å². The van der Waals surface area contributed by atoms with Gasteiger partial charge in [0.25, 0.3) is 5.91 Å². The summed E-state index contributed by atoms with van der Waals surface area (Å²) >= 11 is 8.75. The van der Waals surface area contributed by atoms with Crippen LogP contribution in [0.1, 0.15) is 10.5 Å². The highest BCUT2D eigenvalue weighted by Gasteiger charge is 2.15. The number of nitrogens with zero attached hydrogens (tertiary/aromatic N) is 1. The van der Waals surface area contributed by atoms with Crippen molar-refractivity contribution in [3.63, 3.8) is 0 Å². The quantitative estimate of drug-likeness (QED) is 0.566. The van der Waals surface area contributed by atoms with Crippen molar-refractivity contribution in [3.05, 3.63) is 57.9 Å². The molecule has 0 unspecified atom stereocenters. The minimum atomic E-state index is -3.67. The van der Waals surface area contributed by atoms with E-state index in [1.165, 1.54) is 23.5 Å². The summed E-state index contributed by atoms with van der Waals surface area (Å²) in [5.74, 6) is -0.342. The van der Waals surface area contributed by atoms with E-state index in [1.54, 1.807) is 28.8 Å². The number of hydrogen-bond donors (Lipinski definition) is 2. The number of aromatic nitrogens is 1. The second kappa shape index (κ2) is 8.28. The van der Waals surface area contributed by atoms with E-state index >= 15 is 0 Å². The molecule has 0 radical (unpaired) electrons. The Balaban J connectivity index is 1.51. The van der Waals surface area contributed by atoms with Crippen LogP contribution in [0.3, 0.4) is 0 Å². The van der Waals surface area contributed by atoms with Crippen molar-refractivity contribution in [2.45, 2.75) is 4.90 Å². The van der Waals surface area contributed by atoms with E-state index in [1.807, 2.05) is 17.5 Å². The van der Waals surface area contributed by atoms with Gasteiger partial charge in [0.05, 0.1) is 9.77 Å². The summed E-state index contributed by atoms with van der Waals surface area (Å²) in [6.07, 6.45) is 0. The number of thiophene rings is 1. The molecule has 2 heterocycles. The Bertz CT molecular complexity index is 1000. The Morgan fingerprint density at radius 2 is 2.00 bits per heavy atom. The lowest BCUT2D eigenvalue weighted by molar-refractivity contribution is 0.0950. The van der Waals surface area contributed by atoms with Gasteiger partial charge in [-0.15, -0.1) is 22.7 Å². The van der Waals surface area contributed by atoms with E-state index in [2.05, 4.69) is 15.0 Å². The highest BCUT2D eigenvalue weighted by atomic mass is 35.5. The lowest BCUT2D eigenvalue weighted by atomic mass is 10.4. The van der Waals surface area contributed by atoms with Gasteiger partial charge in [-0.05, 0) is 29.6 Å². The van der Waals surface area contributed by atoms with Gasteiger partial charge in [0.15, 0.2) is 0 Å². The standard InChI is InChI=1S/C16H14ClN3O3S3/c17-11-3-1-4-12(9-11)26(22,23)19-7-6-18-15(21)13-10-25-16(20-13)14-5-2-8-24-14/h1-5,8-10,19H,6-7H2,(H,18,21). The van der Waals surface area contributed by atoms with Gasteiger partial charge in [-0.25, -0.2) is 18.1 Å². The zero-order valence-electron chi connectivity index (χ0n) is 13.3. The van der Waals surface area contributed by atoms with Crippen molar-refractivity contribution in [2.24, 2.45) is 0 Å². The van der Waals surface area contributed by atoms with E-state index in [4.69, 9.17) is 11.6 Å². The maximum absolute atomic E-state index is 12.1. The van der Waals surface area contributed by atoms with Crippen LogP contribution in [0.15, 0.2) is 52.1 Å². The predicted molar refractivity (Wildman–Crippen MR) is 104 cm³/mol. The Morgan fingerprint density at radius 3 is 2.73 bits per heavy atom. The number of amides is 1. The lowest BCUT2D eigenvalue weighted by Gasteiger charge is -2.07. The molecule has 2 N–H and O–H groups in total. The fraction of sp³-hybridized carbons (Fsp3) is 0.125. The van der Waals surface area contributed by atoms with E-state index in [0.29, 0.717) is 10.7 Å². The van der Waals surface area contributed by atoms with Crippen molar-refractivity contribution >= 4 is 50.2 Å². The number of carbonyl (C=O) groups is 1. The molecule has 3 aromatic rings. The first-order valence-electron chi connectivity index (χ1n) is 7.48. The topological polar surface area (TPSA) is 88.2 Å². The molecule has 0 spiro atoms. The summed E-state index contributed by atoms with van der Waals surface area (Å²) in [5, 5.41) is 7.40. The molecule has 2 aromatic heterocycles. The average Bonchev–Trinajstić information content (AvgIpc) is 3.29. The zero-order chi connectivity index (χ0) is 18.6. The second-order valence-corrected chi connectivity index (χ2v) is 9.14. The summed E-state index contributed by atoms with van der Waals surface area (Å²) in [6, 6.07) is 9.84. The van der Waals surface area contributed by atoms with E-state index in [-0.39, 0.29) is 23.9 Å². The van der Waals surface area contributed by atoms with Gasteiger partial charge in [0.1, 0.15) is 10.7 Å². The van der Waals surface area contributed by atoms with Crippen molar-refractivity contribution in [3.8, 4) is 9.88 Å². The van der Waals surface area contributed by atoms with Crippen molar-refractivity contribution < 1.29 is 13.2 Å². The first kappa shape index (κ1) is 19.0. The zero-order valence-corrected chi connectivity index (χ0v) is 16.5. The number of sulfonamides is 1. The Morgan fingerprint density at radius 1 is 1.15 bits per heavy atom. The molecule has 136 valence electrons. The fourth-order valence-electron chi connectivity index (χ4n) is 2.06. The van der Waals surface area contributed by atoms with E-state index in [0.717, 1.165) is 9.88 Å². The van der Waals surface area contributed by atoms with Gasteiger partial charge >= 0.3 is 0 Å². The highest BCUT2D eigenvalue weighted by Crippen LogP contribution is 2.27. The van der Waals surface area contributed by atoms with Crippen LogP contribution in [0.4, 0.5) is 0 Å². The highest BCUT2D eigenvalue weighted by molar-refractivity contribution is 7.89. The van der Waals surface area contributed by atoms with Crippen molar-refractivity contribution in [1.29, 1.82) is 0 Å². The Kier molecular flexibility index (Phi) is 6.05. The third-order valence-electron chi connectivity index (χ3n) is 3.28. The summed E-state index contributed by atoms with van der Waals surface area (Å²) < 4.78 is 26.7. The smallest absolute Gasteiger partial charge is 0.270 e.